The number of β-amino-alcohol motifs (C(OH)–C–C–N with tert-alkyl or cyclic N) is 1. The smallest absolute Gasteiger partial charge is 0.269 e. The van der Waals surface area contributed by atoms with Crippen LogP contribution in [0.2, 0.25) is 0 Å². The van der Waals surface area contributed by atoms with Gasteiger partial charge in [0, 0.05) is 29.6 Å². The first-order valence-corrected chi connectivity index (χ1v) is 6.96. The number of carbonyl (C=O) groups is 1. The molecule has 1 aliphatic rings. The number of aryl methyl sites for hydroxylation is 1. The number of anilines is 1. The van der Waals surface area contributed by atoms with E-state index in [4.69, 9.17) is 0 Å². The zero-order valence-corrected chi connectivity index (χ0v) is 11.7. The summed E-state index contributed by atoms with van der Waals surface area (Å²) >= 11 is 3.15. The molecule has 1 N–H and O–H groups in total. The van der Waals surface area contributed by atoms with Crippen LogP contribution in [0.4, 0.5) is 11.4 Å². The number of amides is 1. The summed E-state index contributed by atoms with van der Waals surface area (Å²) < 4.78 is 0. The molecule has 0 aromatic heterocycles. The molecule has 6 nitrogen and oxygen atoms in total. The van der Waals surface area contributed by atoms with Crippen molar-refractivity contribution >= 4 is 33.2 Å². The van der Waals surface area contributed by atoms with Gasteiger partial charge in [0.15, 0.2) is 0 Å². The molecule has 1 heterocycles. The molecule has 1 aliphatic heterocycles. The average molecular weight is 329 g/mol. The van der Waals surface area contributed by atoms with Gasteiger partial charge in [-0.25, -0.2) is 0 Å². The summed E-state index contributed by atoms with van der Waals surface area (Å²) in [5.74, 6) is -0.0682. The fourth-order valence-electron chi connectivity index (χ4n) is 2.12. The topological polar surface area (TPSA) is 83.7 Å². The van der Waals surface area contributed by atoms with Crippen molar-refractivity contribution in [2.75, 3.05) is 16.8 Å². The highest BCUT2D eigenvalue weighted by Gasteiger charge is 2.27. The van der Waals surface area contributed by atoms with E-state index in [1.807, 2.05) is 0 Å². The van der Waals surface area contributed by atoms with Gasteiger partial charge in [-0.3, -0.25) is 14.9 Å². The molecule has 0 saturated heterocycles. The molecule has 0 fully saturated rings. The summed E-state index contributed by atoms with van der Waals surface area (Å²) in [6.07, 6.45) is 0.144. The summed E-state index contributed by atoms with van der Waals surface area (Å²) in [6, 6.07) is 4.45. The fourth-order valence-corrected chi connectivity index (χ4v) is 2.32. The molecule has 19 heavy (non-hydrogen) atoms. The van der Waals surface area contributed by atoms with Gasteiger partial charge >= 0.3 is 0 Å². The summed E-state index contributed by atoms with van der Waals surface area (Å²) in [6.45, 7) is 0.189. The van der Waals surface area contributed by atoms with E-state index in [2.05, 4.69) is 15.9 Å². The number of rotatable bonds is 4. The molecule has 1 aromatic carbocycles. The van der Waals surface area contributed by atoms with E-state index in [0.717, 1.165) is 5.56 Å². The summed E-state index contributed by atoms with van der Waals surface area (Å²) in [4.78, 5) is 23.7. The predicted octanol–water partition coefficient (Wildman–Crippen LogP) is 1.63. The van der Waals surface area contributed by atoms with Crippen LogP contribution >= 0.6 is 15.9 Å². The van der Waals surface area contributed by atoms with Crippen LogP contribution in [0.1, 0.15) is 12.0 Å². The first kappa shape index (κ1) is 14.0. The summed E-state index contributed by atoms with van der Waals surface area (Å²) in [7, 11) is 0. The van der Waals surface area contributed by atoms with E-state index >= 15 is 0 Å². The molecular weight excluding hydrogens is 316 g/mol. The van der Waals surface area contributed by atoms with Crippen LogP contribution in [0.3, 0.4) is 0 Å². The zero-order valence-electron chi connectivity index (χ0n) is 10.1. The minimum atomic E-state index is -0.662. The Labute approximate surface area is 118 Å². The molecular formula is C12H13BrN2O4. The standard InChI is InChI=1S/C12H13BrN2O4/c13-6-10(16)7-14-11-3-2-9(15(18)19)5-8(11)1-4-12(14)17/h2-3,5,10,16H,1,4,6-7H2. The Bertz CT molecular complexity index is 520. The fraction of sp³-hybridized carbons (Fsp3) is 0.417. The van der Waals surface area contributed by atoms with Gasteiger partial charge in [-0.05, 0) is 18.1 Å². The maximum Gasteiger partial charge on any atom is 0.269 e. The second-order valence-electron chi connectivity index (χ2n) is 4.38. The number of non-ortho nitro benzene ring substituents is 1. The largest absolute Gasteiger partial charge is 0.390 e. The second kappa shape index (κ2) is 5.66. The van der Waals surface area contributed by atoms with Crippen molar-refractivity contribution in [1.82, 2.24) is 0 Å². The van der Waals surface area contributed by atoms with Gasteiger partial charge in [-0.15, -0.1) is 0 Å². The monoisotopic (exact) mass is 328 g/mol. The van der Waals surface area contributed by atoms with Crippen LogP contribution in [0.25, 0.3) is 0 Å². The molecule has 0 radical (unpaired) electrons. The SMILES string of the molecule is O=C1CCc2cc([N+](=O)[O-])ccc2N1CC(O)CBr. The highest BCUT2D eigenvalue weighted by molar-refractivity contribution is 9.09. The van der Waals surface area contributed by atoms with Crippen LogP contribution in [0.5, 0.6) is 0 Å². The van der Waals surface area contributed by atoms with Gasteiger partial charge < -0.3 is 10.0 Å². The maximum absolute atomic E-state index is 11.9. The van der Waals surface area contributed by atoms with E-state index < -0.39 is 11.0 Å². The third-order valence-corrected chi connectivity index (χ3v) is 3.79. The van der Waals surface area contributed by atoms with Gasteiger partial charge in [0.2, 0.25) is 5.91 Å². The number of aliphatic hydroxyl groups is 1. The van der Waals surface area contributed by atoms with Gasteiger partial charge in [0.1, 0.15) is 0 Å². The Morgan fingerprint density at radius 3 is 2.84 bits per heavy atom. The van der Waals surface area contributed by atoms with Crippen molar-refractivity contribution < 1.29 is 14.8 Å². The Hall–Kier alpha value is -1.47. The lowest BCUT2D eigenvalue weighted by atomic mass is 10.00. The number of benzene rings is 1. The first-order chi connectivity index (χ1) is 9.02. The highest BCUT2D eigenvalue weighted by Crippen LogP contribution is 2.31. The second-order valence-corrected chi connectivity index (χ2v) is 5.03. The van der Waals surface area contributed by atoms with Gasteiger partial charge in [0.25, 0.3) is 5.69 Å². The third-order valence-electron chi connectivity index (χ3n) is 3.05. The van der Waals surface area contributed by atoms with E-state index in [0.29, 0.717) is 23.9 Å². The molecule has 7 heteroatoms. The molecule has 1 atom stereocenters. The summed E-state index contributed by atoms with van der Waals surface area (Å²) in [5.41, 5.74) is 1.45. The average Bonchev–Trinajstić information content (AvgIpc) is 2.41. The van der Waals surface area contributed by atoms with Crippen molar-refractivity contribution in [1.29, 1.82) is 0 Å². The number of alkyl halides is 1. The van der Waals surface area contributed by atoms with Gasteiger partial charge in [-0.2, -0.15) is 0 Å². The summed E-state index contributed by atoms with van der Waals surface area (Å²) in [5, 5.41) is 20.8. The molecule has 0 spiro atoms. The Morgan fingerprint density at radius 2 is 2.21 bits per heavy atom. The van der Waals surface area contributed by atoms with Crippen molar-refractivity contribution in [2.24, 2.45) is 0 Å². The van der Waals surface area contributed by atoms with Crippen LogP contribution in [-0.2, 0) is 11.2 Å². The minimum Gasteiger partial charge on any atom is -0.390 e. The Kier molecular flexibility index (Phi) is 4.16. The van der Waals surface area contributed by atoms with Gasteiger partial charge in [-0.1, -0.05) is 15.9 Å². The van der Waals surface area contributed by atoms with E-state index in [1.54, 1.807) is 6.07 Å². The van der Waals surface area contributed by atoms with Crippen LogP contribution < -0.4 is 4.90 Å². The normalized spacial score (nSPS) is 16.1. The van der Waals surface area contributed by atoms with Crippen molar-refractivity contribution in [3.05, 3.63) is 33.9 Å². The molecule has 0 aliphatic carbocycles. The quantitative estimate of drug-likeness (QED) is 0.517. The number of hydrogen-bond donors (Lipinski definition) is 1. The lowest BCUT2D eigenvalue weighted by Crippen LogP contribution is -2.41. The number of aliphatic hydroxyl groups excluding tert-OH is 1. The van der Waals surface area contributed by atoms with Crippen LogP contribution in [0.15, 0.2) is 18.2 Å². The first-order valence-electron chi connectivity index (χ1n) is 5.84. The molecule has 1 amide bonds. The van der Waals surface area contributed by atoms with Crippen LogP contribution in [-0.4, -0.2) is 33.9 Å². The van der Waals surface area contributed by atoms with E-state index in [9.17, 15) is 20.0 Å². The number of nitro groups is 1. The lowest BCUT2D eigenvalue weighted by Gasteiger charge is -2.30. The van der Waals surface area contributed by atoms with Crippen molar-refractivity contribution in [2.45, 2.75) is 18.9 Å². The zero-order chi connectivity index (χ0) is 14.0. The Morgan fingerprint density at radius 1 is 1.47 bits per heavy atom. The molecule has 0 bridgehead atoms. The number of carbonyl (C=O) groups excluding carboxylic acids is 1. The van der Waals surface area contributed by atoms with E-state index in [-0.39, 0.29) is 18.1 Å². The molecule has 102 valence electrons. The number of fused-ring (bicyclic) bond motifs is 1. The van der Waals surface area contributed by atoms with Crippen molar-refractivity contribution in [3.8, 4) is 0 Å². The predicted molar refractivity (Wildman–Crippen MR) is 73.6 cm³/mol. The molecule has 0 saturated carbocycles. The number of hydrogen-bond acceptors (Lipinski definition) is 4. The number of nitro benzene ring substituents is 1. The minimum absolute atomic E-state index is 0.0223. The van der Waals surface area contributed by atoms with Gasteiger partial charge in [0.05, 0.1) is 17.6 Å². The highest BCUT2D eigenvalue weighted by atomic mass is 79.9. The van der Waals surface area contributed by atoms with Crippen LogP contribution in [0, 0.1) is 10.1 Å². The molecule has 1 aromatic rings. The molecule has 1 unspecified atom stereocenters. The maximum atomic E-state index is 11.9. The Balaban J connectivity index is 2.33. The van der Waals surface area contributed by atoms with E-state index in [1.165, 1.54) is 17.0 Å². The molecule has 2 rings (SSSR count). The van der Waals surface area contributed by atoms with Crippen molar-refractivity contribution in [3.63, 3.8) is 0 Å². The number of halogens is 1. The third kappa shape index (κ3) is 2.93. The lowest BCUT2D eigenvalue weighted by molar-refractivity contribution is -0.384. The number of nitrogens with zero attached hydrogens (tertiary/aromatic N) is 2.